The Labute approximate surface area is 184 Å². The summed E-state index contributed by atoms with van der Waals surface area (Å²) in [5.41, 5.74) is 0.810. The average Bonchev–Trinajstić information content (AvgIpc) is 3.25. The van der Waals surface area contributed by atoms with Crippen molar-refractivity contribution in [3.8, 4) is 11.5 Å². The van der Waals surface area contributed by atoms with Gasteiger partial charge in [0.25, 0.3) is 11.6 Å². The van der Waals surface area contributed by atoms with Gasteiger partial charge in [-0.05, 0) is 43.0 Å². The van der Waals surface area contributed by atoms with Crippen molar-refractivity contribution in [1.29, 1.82) is 0 Å². The number of nitro benzene ring substituents is 1. The average molecular weight is 441 g/mol. The van der Waals surface area contributed by atoms with E-state index in [-0.39, 0.29) is 18.0 Å². The van der Waals surface area contributed by atoms with Gasteiger partial charge in [-0.25, -0.2) is 4.79 Å². The molecule has 10 nitrogen and oxygen atoms in total. The van der Waals surface area contributed by atoms with Crippen molar-refractivity contribution in [2.45, 2.75) is 19.8 Å². The quantitative estimate of drug-likeness (QED) is 0.412. The molecule has 0 spiro atoms. The standard InChI is InChI=1S/C22H23N3O7/c1-14-3-2-8-24(11-14)17-6-4-15(9-18(17)25(28)29)22(27)30-12-21(26)23-16-5-7-19-20(10-16)32-13-31-19/h4-7,9-10,14H,2-3,8,11-13H2,1H3,(H,23,26). The number of piperidine rings is 1. The van der Waals surface area contributed by atoms with Crippen LogP contribution in [-0.4, -0.2) is 43.3 Å². The fourth-order valence-corrected chi connectivity index (χ4v) is 3.86. The normalized spacial score (nSPS) is 17.0. The molecule has 1 amide bonds. The predicted octanol–water partition coefficient (Wildman–Crippen LogP) is 3.36. The van der Waals surface area contributed by atoms with Crippen LogP contribution in [0, 0.1) is 16.0 Å². The second-order valence-corrected chi connectivity index (χ2v) is 7.85. The molecule has 1 unspecified atom stereocenters. The number of fused-ring (bicyclic) bond motifs is 1. The summed E-state index contributed by atoms with van der Waals surface area (Å²) in [4.78, 5) is 37.6. The van der Waals surface area contributed by atoms with Gasteiger partial charge < -0.3 is 24.4 Å². The Kier molecular flexibility index (Phi) is 6.11. The lowest BCUT2D eigenvalue weighted by Crippen LogP contribution is -2.34. The molecule has 2 aliphatic rings. The van der Waals surface area contributed by atoms with Gasteiger partial charge in [-0.1, -0.05) is 6.92 Å². The molecule has 1 saturated heterocycles. The highest BCUT2D eigenvalue weighted by atomic mass is 16.7. The maximum atomic E-state index is 12.4. The van der Waals surface area contributed by atoms with Crippen LogP contribution in [0.2, 0.25) is 0 Å². The Hall–Kier alpha value is -3.82. The molecule has 168 valence electrons. The zero-order valence-electron chi connectivity index (χ0n) is 17.5. The summed E-state index contributed by atoms with van der Waals surface area (Å²) in [5.74, 6) is 0.170. The molecule has 2 aromatic carbocycles. The van der Waals surface area contributed by atoms with E-state index in [0.29, 0.717) is 28.8 Å². The number of esters is 1. The summed E-state index contributed by atoms with van der Waals surface area (Å²) in [6.45, 7) is 3.15. The van der Waals surface area contributed by atoms with Crippen molar-refractivity contribution in [3.05, 3.63) is 52.1 Å². The molecule has 1 atom stereocenters. The Balaban J connectivity index is 1.39. The van der Waals surface area contributed by atoms with E-state index >= 15 is 0 Å². The highest BCUT2D eigenvalue weighted by molar-refractivity contribution is 5.96. The molecule has 2 heterocycles. The van der Waals surface area contributed by atoms with Crippen molar-refractivity contribution < 1.29 is 28.7 Å². The van der Waals surface area contributed by atoms with E-state index in [2.05, 4.69) is 12.2 Å². The molecule has 10 heteroatoms. The molecular formula is C22H23N3O7. The van der Waals surface area contributed by atoms with Crippen LogP contribution in [-0.2, 0) is 9.53 Å². The highest BCUT2D eigenvalue weighted by Gasteiger charge is 2.25. The fourth-order valence-electron chi connectivity index (χ4n) is 3.86. The zero-order chi connectivity index (χ0) is 22.7. The molecule has 0 aliphatic carbocycles. The lowest BCUT2D eigenvalue weighted by Gasteiger charge is -2.32. The molecule has 0 aromatic heterocycles. The molecule has 1 fully saturated rings. The number of nitro groups is 1. The lowest BCUT2D eigenvalue weighted by molar-refractivity contribution is -0.384. The molecule has 32 heavy (non-hydrogen) atoms. The van der Waals surface area contributed by atoms with Gasteiger partial charge in [0.2, 0.25) is 6.79 Å². The van der Waals surface area contributed by atoms with Crippen molar-refractivity contribution in [3.63, 3.8) is 0 Å². The Morgan fingerprint density at radius 1 is 1.22 bits per heavy atom. The van der Waals surface area contributed by atoms with Crippen LogP contribution in [0.4, 0.5) is 17.1 Å². The zero-order valence-corrected chi connectivity index (χ0v) is 17.5. The third-order valence-corrected chi connectivity index (χ3v) is 5.40. The van der Waals surface area contributed by atoms with Gasteiger partial charge in [-0.15, -0.1) is 0 Å². The number of anilines is 2. The van der Waals surface area contributed by atoms with E-state index in [0.717, 1.165) is 25.9 Å². The second kappa shape index (κ2) is 9.13. The largest absolute Gasteiger partial charge is 0.454 e. The van der Waals surface area contributed by atoms with Crippen molar-refractivity contribution in [2.24, 2.45) is 5.92 Å². The van der Waals surface area contributed by atoms with Gasteiger partial charge in [0.1, 0.15) is 5.69 Å². The molecule has 0 radical (unpaired) electrons. The number of hydrogen-bond acceptors (Lipinski definition) is 8. The minimum atomic E-state index is -0.813. The maximum Gasteiger partial charge on any atom is 0.338 e. The van der Waals surface area contributed by atoms with Crippen LogP contribution >= 0.6 is 0 Å². The first-order valence-electron chi connectivity index (χ1n) is 10.3. The van der Waals surface area contributed by atoms with Crippen LogP contribution in [0.25, 0.3) is 0 Å². The van der Waals surface area contributed by atoms with Crippen LogP contribution in [0.1, 0.15) is 30.1 Å². The van der Waals surface area contributed by atoms with Crippen molar-refractivity contribution in [2.75, 3.05) is 36.7 Å². The summed E-state index contributed by atoms with van der Waals surface area (Å²) in [6.07, 6.45) is 2.05. The van der Waals surface area contributed by atoms with E-state index in [1.165, 1.54) is 12.1 Å². The molecular weight excluding hydrogens is 418 g/mol. The predicted molar refractivity (Wildman–Crippen MR) is 115 cm³/mol. The summed E-state index contributed by atoms with van der Waals surface area (Å²) >= 11 is 0. The van der Waals surface area contributed by atoms with Crippen LogP contribution in [0.15, 0.2) is 36.4 Å². The smallest absolute Gasteiger partial charge is 0.338 e. The first kappa shape index (κ1) is 21.4. The number of carbonyl (C=O) groups excluding carboxylic acids is 2. The Morgan fingerprint density at radius 3 is 2.81 bits per heavy atom. The van der Waals surface area contributed by atoms with Gasteiger partial charge in [0, 0.05) is 30.9 Å². The number of amides is 1. The van der Waals surface area contributed by atoms with E-state index in [1.807, 2.05) is 4.90 Å². The SMILES string of the molecule is CC1CCCN(c2ccc(C(=O)OCC(=O)Nc3ccc4c(c3)OCO4)cc2[N+](=O)[O-])C1. The number of nitrogens with one attached hydrogen (secondary N) is 1. The number of rotatable bonds is 6. The van der Waals surface area contributed by atoms with Gasteiger partial charge in [0.15, 0.2) is 18.1 Å². The maximum absolute atomic E-state index is 12.4. The van der Waals surface area contributed by atoms with Crippen molar-refractivity contribution >= 4 is 28.9 Å². The lowest BCUT2D eigenvalue weighted by atomic mass is 9.99. The monoisotopic (exact) mass is 441 g/mol. The number of carbonyl (C=O) groups is 2. The van der Waals surface area contributed by atoms with E-state index in [1.54, 1.807) is 24.3 Å². The molecule has 1 N–H and O–H groups in total. The minimum Gasteiger partial charge on any atom is -0.454 e. The van der Waals surface area contributed by atoms with Crippen LogP contribution in [0.3, 0.4) is 0 Å². The number of nitrogens with zero attached hydrogens (tertiary/aromatic N) is 2. The molecule has 0 bridgehead atoms. The molecule has 2 aliphatic heterocycles. The molecule has 0 saturated carbocycles. The van der Waals surface area contributed by atoms with E-state index in [4.69, 9.17) is 14.2 Å². The molecule has 4 rings (SSSR count). The van der Waals surface area contributed by atoms with Crippen LogP contribution < -0.4 is 19.7 Å². The second-order valence-electron chi connectivity index (χ2n) is 7.85. The Bertz CT molecular complexity index is 1060. The van der Waals surface area contributed by atoms with E-state index in [9.17, 15) is 19.7 Å². The fraction of sp³-hybridized carbons (Fsp3) is 0.364. The summed E-state index contributed by atoms with van der Waals surface area (Å²) < 4.78 is 15.5. The molecule has 2 aromatic rings. The van der Waals surface area contributed by atoms with E-state index < -0.39 is 23.4 Å². The third-order valence-electron chi connectivity index (χ3n) is 5.40. The van der Waals surface area contributed by atoms with Gasteiger partial charge in [-0.3, -0.25) is 14.9 Å². The Morgan fingerprint density at radius 2 is 2.03 bits per heavy atom. The highest BCUT2D eigenvalue weighted by Crippen LogP contribution is 2.34. The van der Waals surface area contributed by atoms with Crippen LogP contribution in [0.5, 0.6) is 11.5 Å². The number of benzene rings is 2. The van der Waals surface area contributed by atoms with Gasteiger partial charge >= 0.3 is 5.97 Å². The summed E-state index contributed by atoms with van der Waals surface area (Å²) in [5, 5.41) is 14.2. The van der Waals surface area contributed by atoms with Gasteiger partial charge in [-0.2, -0.15) is 0 Å². The number of hydrogen-bond donors (Lipinski definition) is 1. The van der Waals surface area contributed by atoms with Gasteiger partial charge in [0.05, 0.1) is 10.5 Å². The minimum absolute atomic E-state index is 0.0152. The summed E-state index contributed by atoms with van der Waals surface area (Å²) in [6, 6.07) is 9.15. The summed E-state index contributed by atoms with van der Waals surface area (Å²) in [7, 11) is 0. The van der Waals surface area contributed by atoms with Crippen molar-refractivity contribution in [1.82, 2.24) is 0 Å². The third kappa shape index (κ3) is 4.74. The first-order chi connectivity index (χ1) is 15.4. The topological polar surface area (TPSA) is 120 Å². The number of ether oxygens (including phenoxy) is 3. The first-order valence-corrected chi connectivity index (χ1v) is 10.3.